The van der Waals surface area contributed by atoms with Crippen LogP contribution in [0.4, 0.5) is 10.1 Å². The Morgan fingerprint density at radius 2 is 2.10 bits per heavy atom. The maximum absolute atomic E-state index is 14.3. The van der Waals surface area contributed by atoms with Gasteiger partial charge in [0.25, 0.3) is 0 Å². The highest BCUT2D eigenvalue weighted by molar-refractivity contribution is 5.53. The average molecular weight is 294 g/mol. The van der Waals surface area contributed by atoms with Crippen molar-refractivity contribution in [3.63, 3.8) is 0 Å². The fourth-order valence-electron chi connectivity index (χ4n) is 2.88. The van der Waals surface area contributed by atoms with Crippen molar-refractivity contribution in [2.24, 2.45) is 5.41 Å². The van der Waals surface area contributed by atoms with Gasteiger partial charge in [0.05, 0.1) is 12.8 Å². The number of benzene rings is 1. The molecule has 4 heteroatoms. The number of nitrogens with zero attached hydrogens (tertiary/aromatic N) is 1. The minimum Gasteiger partial charge on any atom is -0.497 e. The molecule has 1 fully saturated rings. The van der Waals surface area contributed by atoms with E-state index < -0.39 is 0 Å². The topological polar surface area (TPSA) is 24.5 Å². The Kier molecular flexibility index (Phi) is 4.77. The summed E-state index contributed by atoms with van der Waals surface area (Å²) in [6, 6.07) is 5.62. The molecule has 118 valence electrons. The normalized spacial score (nSPS) is 23.2. The fraction of sp³-hybridized carbons (Fsp3) is 0.647. The van der Waals surface area contributed by atoms with Gasteiger partial charge < -0.3 is 15.0 Å². The maximum Gasteiger partial charge on any atom is 0.146 e. The van der Waals surface area contributed by atoms with Gasteiger partial charge in [-0.3, -0.25) is 0 Å². The van der Waals surface area contributed by atoms with Crippen LogP contribution >= 0.6 is 0 Å². The van der Waals surface area contributed by atoms with E-state index in [1.807, 2.05) is 6.07 Å². The van der Waals surface area contributed by atoms with Gasteiger partial charge in [-0.05, 0) is 24.0 Å². The third-order valence-electron chi connectivity index (χ3n) is 4.40. The Bertz CT molecular complexity index is 484. The van der Waals surface area contributed by atoms with Crippen molar-refractivity contribution in [3.05, 3.63) is 24.0 Å². The van der Waals surface area contributed by atoms with Crippen molar-refractivity contribution in [1.82, 2.24) is 5.32 Å². The number of hydrogen-bond donors (Lipinski definition) is 1. The first kappa shape index (κ1) is 16.1. The molecular formula is C17H27FN2O. The standard InChI is InChI=1S/C17H27FN2O/c1-6-12-10-19-16(17(2,3)4)11-20(12)15-9-13(21-5)7-8-14(15)18/h7-9,12,16,19H,6,10-11H2,1-5H3. The lowest BCUT2D eigenvalue weighted by Crippen LogP contribution is -2.60. The highest BCUT2D eigenvalue weighted by atomic mass is 19.1. The van der Waals surface area contributed by atoms with E-state index >= 15 is 0 Å². The number of methoxy groups -OCH3 is 1. The zero-order valence-electron chi connectivity index (χ0n) is 13.7. The first-order chi connectivity index (χ1) is 9.86. The number of hydrogen-bond acceptors (Lipinski definition) is 3. The lowest BCUT2D eigenvalue weighted by Gasteiger charge is -2.46. The second-order valence-corrected chi connectivity index (χ2v) is 6.86. The quantitative estimate of drug-likeness (QED) is 0.924. The van der Waals surface area contributed by atoms with Crippen LogP contribution in [0.3, 0.4) is 0 Å². The molecule has 2 atom stereocenters. The van der Waals surface area contributed by atoms with Gasteiger partial charge in [-0.2, -0.15) is 0 Å². The van der Waals surface area contributed by atoms with E-state index in [2.05, 4.69) is 37.9 Å². The van der Waals surface area contributed by atoms with Gasteiger partial charge in [0, 0.05) is 31.2 Å². The first-order valence-corrected chi connectivity index (χ1v) is 7.70. The second kappa shape index (κ2) is 6.22. The van der Waals surface area contributed by atoms with Gasteiger partial charge >= 0.3 is 0 Å². The lowest BCUT2D eigenvalue weighted by molar-refractivity contribution is 0.233. The molecule has 1 aliphatic heterocycles. The molecule has 0 aliphatic carbocycles. The second-order valence-electron chi connectivity index (χ2n) is 6.86. The van der Waals surface area contributed by atoms with Crippen LogP contribution < -0.4 is 15.0 Å². The molecule has 0 aromatic heterocycles. The first-order valence-electron chi connectivity index (χ1n) is 7.70. The summed E-state index contributed by atoms with van der Waals surface area (Å²) in [4.78, 5) is 2.20. The molecule has 1 heterocycles. The van der Waals surface area contributed by atoms with Gasteiger partial charge in [-0.25, -0.2) is 4.39 Å². The summed E-state index contributed by atoms with van der Waals surface area (Å²) in [6.07, 6.45) is 0.987. The van der Waals surface area contributed by atoms with Crippen LogP contribution in [0.5, 0.6) is 5.75 Å². The molecule has 0 spiro atoms. The third-order valence-corrected chi connectivity index (χ3v) is 4.40. The summed E-state index contributed by atoms with van der Waals surface area (Å²) >= 11 is 0. The molecular weight excluding hydrogens is 267 g/mol. The monoisotopic (exact) mass is 294 g/mol. The molecule has 21 heavy (non-hydrogen) atoms. The van der Waals surface area contributed by atoms with Gasteiger partial charge in [0.2, 0.25) is 0 Å². The van der Waals surface area contributed by atoms with Crippen molar-refractivity contribution in [2.45, 2.75) is 46.2 Å². The predicted molar refractivity (Wildman–Crippen MR) is 85.6 cm³/mol. The smallest absolute Gasteiger partial charge is 0.146 e. The van der Waals surface area contributed by atoms with Crippen LogP contribution in [0, 0.1) is 11.2 Å². The van der Waals surface area contributed by atoms with Crippen molar-refractivity contribution in [2.75, 3.05) is 25.1 Å². The van der Waals surface area contributed by atoms with Crippen LogP contribution in [0.2, 0.25) is 0 Å². The molecule has 1 saturated heterocycles. The molecule has 1 N–H and O–H groups in total. The number of halogens is 1. The Hall–Kier alpha value is -1.29. The van der Waals surface area contributed by atoms with Gasteiger partial charge in [0.1, 0.15) is 11.6 Å². The number of anilines is 1. The zero-order chi connectivity index (χ0) is 15.6. The third kappa shape index (κ3) is 3.49. The van der Waals surface area contributed by atoms with Crippen LogP contribution in [0.15, 0.2) is 18.2 Å². The molecule has 2 unspecified atom stereocenters. The van der Waals surface area contributed by atoms with E-state index in [9.17, 15) is 4.39 Å². The average Bonchev–Trinajstić information content (AvgIpc) is 2.46. The van der Waals surface area contributed by atoms with Crippen LogP contribution in [0.1, 0.15) is 34.1 Å². The number of ether oxygens (including phenoxy) is 1. The SMILES string of the molecule is CCC1CNC(C(C)(C)C)CN1c1cc(OC)ccc1F. The molecule has 1 aliphatic rings. The molecule has 1 aromatic rings. The van der Waals surface area contributed by atoms with Crippen molar-refractivity contribution >= 4 is 5.69 Å². The number of nitrogens with one attached hydrogen (secondary N) is 1. The van der Waals surface area contributed by atoms with Crippen molar-refractivity contribution in [3.8, 4) is 5.75 Å². The molecule has 3 nitrogen and oxygen atoms in total. The van der Waals surface area contributed by atoms with E-state index in [1.165, 1.54) is 6.07 Å². The molecule has 0 amide bonds. The summed E-state index contributed by atoms with van der Waals surface area (Å²) in [6.45, 7) is 10.5. The zero-order valence-corrected chi connectivity index (χ0v) is 13.7. The predicted octanol–water partition coefficient (Wildman–Crippen LogP) is 3.44. The largest absolute Gasteiger partial charge is 0.497 e. The highest BCUT2D eigenvalue weighted by Gasteiger charge is 2.34. The van der Waals surface area contributed by atoms with E-state index in [1.54, 1.807) is 13.2 Å². The fourth-order valence-corrected chi connectivity index (χ4v) is 2.88. The summed E-state index contributed by atoms with van der Waals surface area (Å²) < 4.78 is 19.6. The summed E-state index contributed by atoms with van der Waals surface area (Å²) in [5.74, 6) is 0.524. The maximum atomic E-state index is 14.3. The number of rotatable bonds is 3. The number of piperazine rings is 1. The molecule has 2 rings (SSSR count). The van der Waals surface area contributed by atoms with Crippen molar-refractivity contribution in [1.29, 1.82) is 0 Å². The van der Waals surface area contributed by atoms with E-state index in [0.29, 0.717) is 23.5 Å². The Morgan fingerprint density at radius 1 is 1.38 bits per heavy atom. The molecule has 1 aromatic carbocycles. The van der Waals surface area contributed by atoms with Gasteiger partial charge in [-0.15, -0.1) is 0 Å². The Morgan fingerprint density at radius 3 is 2.67 bits per heavy atom. The lowest BCUT2D eigenvalue weighted by atomic mass is 9.84. The molecule has 0 saturated carbocycles. The minimum atomic E-state index is -0.177. The van der Waals surface area contributed by atoms with Gasteiger partial charge in [-0.1, -0.05) is 27.7 Å². The van der Waals surface area contributed by atoms with Crippen LogP contribution in [0.25, 0.3) is 0 Å². The summed E-state index contributed by atoms with van der Waals surface area (Å²) in [7, 11) is 1.62. The minimum absolute atomic E-state index is 0.145. The Balaban J connectivity index is 2.33. The highest BCUT2D eigenvalue weighted by Crippen LogP contribution is 2.31. The van der Waals surface area contributed by atoms with Gasteiger partial charge in [0.15, 0.2) is 0 Å². The van der Waals surface area contributed by atoms with Crippen molar-refractivity contribution < 1.29 is 9.13 Å². The van der Waals surface area contributed by atoms with E-state index in [0.717, 1.165) is 19.5 Å². The van der Waals surface area contributed by atoms with Crippen LogP contribution in [-0.2, 0) is 0 Å². The Labute approximate surface area is 127 Å². The molecule has 0 bridgehead atoms. The van der Waals surface area contributed by atoms with E-state index in [-0.39, 0.29) is 11.2 Å². The van der Waals surface area contributed by atoms with Crippen LogP contribution in [-0.4, -0.2) is 32.3 Å². The van der Waals surface area contributed by atoms with E-state index in [4.69, 9.17) is 4.74 Å². The summed E-state index contributed by atoms with van der Waals surface area (Å²) in [5, 5.41) is 3.61. The summed E-state index contributed by atoms with van der Waals surface area (Å²) in [5.41, 5.74) is 0.795. The molecule has 0 radical (unpaired) electrons.